The number of hydrogen-bond acceptors (Lipinski definition) is 9. The Bertz CT molecular complexity index is 1180. The van der Waals surface area contributed by atoms with Crippen LogP contribution in [0, 0.1) is 11.8 Å². The smallest absolute Gasteiger partial charge is 0.245 e. The fourth-order valence-electron chi connectivity index (χ4n) is 5.17. The van der Waals surface area contributed by atoms with Crippen LogP contribution in [0.2, 0.25) is 0 Å². The molecule has 17 heteroatoms. The number of nitrogens with one attached hydrogen (secondary N) is 6. The zero-order valence-electron chi connectivity index (χ0n) is 29.0. The maximum absolute atomic E-state index is 13.5. The van der Waals surface area contributed by atoms with E-state index in [-0.39, 0.29) is 12.5 Å². The standard InChI is InChI=1S/C31H54N8O9/c1-8-9-11-20(35-19(7)41)27(44)34-18(6)31(48)39-13-10-12-22(39)28(45)37-25(17(4)5)30(47)38-24(16(2)3)29(46)36-21(15-40)26(43)33-14-23(32)42/h16-18,20-22,24-25,40H,8-15H2,1-7H3,(H2,32,42)(H,33,43)(H,34,44)(H,35,41)(H,36,46)(H,37,45)(H,38,47)/t18-,20-,21-,22-,24-,25-/m0/s1. The maximum Gasteiger partial charge on any atom is 0.245 e. The lowest BCUT2D eigenvalue weighted by molar-refractivity contribution is -0.142. The number of nitrogens with zero attached hydrogens (tertiary/aromatic N) is 1. The van der Waals surface area contributed by atoms with Crippen LogP contribution in [-0.4, -0.2) is 113 Å². The van der Waals surface area contributed by atoms with E-state index in [1.54, 1.807) is 27.7 Å². The quantitative estimate of drug-likeness (QED) is 0.0718. The fraction of sp³-hybridized carbons (Fsp3) is 0.742. The summed E-state index contributed by atoms with van der Waals surface area (Å²) in [6.07, 6.45) is 2.76. The largest absolute Gasteiger partial charge is 0.394 e. The van der Waals surface area contributed by atoms with E-state index in [0.29, 0.717) is 25.7 Å². The molecule has 1 rings (SSSR count). The monoisotopic (exact) mass is 682 g/mol. The first-order valence-corrected chi connectivity index (χ1v) is 16.4. The summed E-state index contributed by atoms with van der Waals surface area (Å²) in [5.41, 5.74) is 5.02. The van der Waals surface area contributed by atoms with Gasteiger partial charge in [-0.05, 0) is 38.0 Å². The van der Waals surface area contributed by atoms with Crippen molar-refractivity contribution in [3.05, 3.63) is 0 Å². The van der Waals surface area contributed by atoms with Gasteiger partial charge in [-0.25, -0.2) is 0 Å². The van der Waals surface area contributed by atoms with Crippen LogP contribution in [0.15, 0.2) is 0 Å². The van der Waals surface area contributed by atoms with Crippen LogP contribution in [0.4, 0.5) is 0 Å². The molecule has 0 spiro atoms. The van der Waals surface area contributed by atoms with Crippen molar-refractivity contribution in [3.63, 3.8) is 0 Å². The topological polar surface area (TPSA) is 258 Å². The van der Waals surface area contributed by atoms with Crippen molar-refractivity contribution >= 4 is 47.3 Å². The van der Waals surface area contributed by atoms with Gasteiger partial charge in [-0.2, -0.15) is 0 Å². The van der Waals surface area contributed by atoms with Crippen molar-refractivity contribution in [1.82, 2.24) is 36.8 Å². The zero-order valence-corrected chi connectivity index (χ0v) is 29.0. The summed E-state index contributed by atoms with van der Waals surface area (Å²) in [6.45, 7) is 10.4. The third kappa shape index (κ3) is 13.1. The van der Waals surface area contributed by atoms with Crippen molar-refractivity contribution < 1.29 is 43.5 Å². The Hall–Kier alpha value is -4.28. The fourth-order valence-corrected chi connectivity index (χ4v) is 5.17. The molecule has 0 unspecified atom stereocenters. The second kappa shape index (κ2) is 20.2. The first kappa shape index (κ1) is 41.7. The lowest BCUT2D eigenvalue weighted by atomic mass is 9.99. The van der Waals surface area contributed by atoms with Crippen LogP contribution in [0.5, 0.6) is 0 Å². The Kier molecular flexibility index (Phi) is 17.5. The molecule has 0 aromatic rings. The summed E-state index contributed by atoms with van der Waals surface area (Å²) < 4.78 is 0. The SMILES string of the molecule is CCCC[C@H](NC(C)=O)C(=O)N[C@@H](C)C(=O)N1CCC[C@H]1C(=O)N[C@H](C(=O)N[C@H](C(=O)N[C@@H](CO)C(=O)NCC(N)=O)C(C)C)C(C)C. The number of primary amides is 1. The number of carbonyl (C=O) groups excluding carboxylic acids is 8. The molecule has 1 saturated heterocycles. The molecule has 0 saturated carbocycles. The van der Waals surface area contributed by atoms with Gasteiger partial charge in [-0.1, -0.05) is 47.5 Å². The highest BCUT2D eigenvalue weighted by atomic mass is 16.3. The van der Waals surface area contributed by atoms with E-state index in [1.807, 2.05) is 6.92 Å². The molecule has 0 bridgehead atoms. The van der Waals surface area contributed by atoms with E-state index in [0.717, 1.165) is 6.42 Å². The Morgan fingerprint density at radius 2 is 1.38 bits per heavy atom. The molecule has 0 aromatic heterocycles. The third-order valence-corrected chi connectivity index (χ3v) is 7.85. The maximum atomic E-state index is 13.5. The number of amides is 8. The van der Waals surface area contributed by atoms with Crippen molar-refractivity contribution in [2.45, 2.75) is 117 Å². The third-order valence-electron chi connectivity index (χ3n) is 7.85. The molecule has 0 radical (unpaired) electrons. The first-order chi connectivity index (χ1) is 22.4. The molecule has 17 nitrogen and oxygen atoms in total. The van der Waals surface area contributed by atoms with E-state index in [9.17, 15) is 43.5 Å². The molecule has 1 aliphatic rings. The average molecular weight is 683 g/mol. The Labute approximate surface area is 281 Å². The summed E-state index contributed by atoms with van der Waals surface area (Å²) in [7, 11) is 0. The van der Waals surface area contributed by atoms with Crippen molar-refractivity contribution in [1.29, 1.82) is 0 Å². The van der Waals surface area contributed by atoms with Gasteiger partial charge in [0.25, 0.3) is 0 Å². The minimum absolute atomic E-state index is 0.259. The Balaban J connectivity index is 2.99. The molecule has 8 amide bonds. The van der Waals surface area contributed by atoms with Gasteiger partial charge in [-0.15, -0.1) is 0 Å². The summed E-state index contributed by atoms with van der Waals surface area (Å²) in [5, 5.41) is 24.7. The molecule has 272 valence electrons. The van der Waals surface area contributed by atoms with Gasteiger partial charge in [-0.3, -0.25) is 38.4 Å². The number of nitrogens with two attached hydrogens (primary N) is 1. The number of rotatable bonds is 19. The minimum atomic E-state index is -1.42. The molecule has 0 aliphatic carbocycles. The number of hydrogen-bond donors (Lipinski definition) is 8. The molecule has 0 aromatic carbocycles. The van der Waals surface area contributed by atoms with Gasteiger partial charge in [0.15, 0.2) is 0 Å². The number of aliphatic hydroxyl groups excluding tert-OH is 1. The summed E-state index contributed by atoms with van der Waals surface area (Å²) in [6, 6.07) is -6.39. The highest BCUT2D eigenvalue weighted by molar-refractivity contribution is 5.97. The van der Waals surface area contributed by atoms with Crippen molar-refractivity contribution in [3.8, 4) is 0 Å². The van der Waals surface area contributed by atoms with Crippen molar-refractivity contribution in [2.75, 3.05) is 19.7 Å². The van der Waals surface area contributed by atoms with E-state index in [4.69, 9.17) is 5.73 Å². The van der Waals surface area contributed by atoms with Gasteiger partial charge >= 0.3 is 0 Å². The van der Waals surface area contributed by atoms with Crippen LogP contribution in [0.3, 0.4) is 0 Å². The average Bonchev–Trinajstić information content (AvgIpc) is 3.50. The van der Waals surface area contributed by atoms with E-state index in [2.05, 4.69) is 31.9 Å². The van der Waals surface area contributed by atoms with Gasteiger partial charge < -0.3 is 47.6 Å². The van der Waals surface area contributed by atoms with Crippen molar-refractivity contribution in [2.24, 2.45) is 17.6 Å². The lowest BCUT2D eigenvalue weighted by Gasteiger charge is -2.31. The Morgan fingerprint density at radius 3 is 1.90 bits per heavy atom. The first-order valence-electron chi connectivity index (χ1n) is 16.4. The molecule has 6 atom stereocenters. The van der Waals surface area contributed by atoms with Gasteiger partial charge in [0.05, 0.1) is 13.2 Å². The number of unbranched alkanes of at least 4 members (excludes halogenated alkanes) is 1. The second-order valence-corrected chi connectivity index (χ2v) is 12.7. The number of carbonyl (C=O) groups is 8. The molecular formula is C31H54N8O9. The van der Waals surface area contributed by atoms with E-state index in [1.165, 1.54) is 18.7 Å². The van der Waals surface area contributed by atoms with Crippen LogP contribution in [0.25, 0.3) is 0 Å². The van der Waals surface area contributed by atoms with Crippen LogP contribution < -0.4 is 37.6 Å². The molecule has 1 heterocycles. The molecule has 9 N–H and O–H groups in total. The molecule has 1 aliphatic heterocycles. The minimum Gasteiger partial charge on any atom is -0.394 e. The second-order valence-electron chi connectivity index (χ2n) is 12.7. The van der Waals surface area contributed by atoms with Crippen LogP contribution in [0.1, 0.15) is 80.6 Å². The summed E-state index contributed by atoms with van der Waals surface area (Å²) >= 11 is 0. The highest BCUT2D eigenvalue weighted by Crippen LogP contribution is 2.20. The van der Waals surface area contributed by atoms with Gasteiger partial charge in [0.2, 0.25) is 47.3 Å². The van der Waals surface area contributed by atoms with Gasteiger partial charge in [0.1, 0.15) is 36.3 Å². The van der Waals surface area contributed by atoms with E-state index >= 15 is 0 Å². The number of likely N-dealkylation sites (tertiary alicyclic amines) is 1. The van der Waals surface area contributed by atoms with Crippen LogP contribution in [-0.2, 0) is 38.4 Å². The summed E-state index contributed by atoms with van der Waals surface area (Å²) in [4.78, 5) is 102. The molecular weight excluding hydrogens is 628 g/mol. The van der Waals surface area contributed by atoms with E-state index < -0.39 is 103 Å². The Morgan fingerprint density at radius 1 is 0.792 bits per heavy atom. The van der Waals surface area contributed by atoms with Crippen LogP contribution >= 0.6 is 0 Å². The molecule has 1 fully saturated rings. The predicted octanol–water partition coefficient (Wildman–Crippen LogP) is -2.46. The highest BCUT2D eigenvalue weighted by Gasteiger charge is 2.39. The molecule has 48 heavy (non-hydrogen) atoms. The normalized spacial score (nSPS) is 17.4. The zero-order chi connectivity index (χ0) is 36.7. The number of aliphatic hydroxyl groups is 1. The predicted molar refractivity (Wildman–Crippen MR) is 174 cm³/mol. The van der Waals surface area contributed by atoms with Gasteiger partial charge in [0, 0.05) is 13.5 Å². The summed E-state index contributed by atoms with van der Waals surface area (Å²) in [5.74, 6) is -5.98. The lowest BCUT2D eigenvalue weighted by Crippen LogP contribution is -2.61.